The molecule has 1 aliphatic carbocycles. The Morgan fingerprint density at radius 3 is 2.92 bits per heavy atom. The van der Waals surface area contributed by atoms with Gasteiger partial charge in [-0.2, -0.15) is 0 Å². The Labute approximate surface area is 75.1 Å². The minimum absolute atomic E-state index is 0.726. The number of fused-ring (bicyclic) bond motifs is 2. The molecule has 1 aliphatic heterocycles. The van der Waals surface area contributed by atoms with Gasteiger partial charge in [0.2, 0.25) is 0 Å². The fourth-order valence-corrected chi connectivity index (χ4v) is 3.12. The van der Waals surface area contributed by atoms with Gasteiger partial charge in [0.25, 0.3) is 0 Å². The van der Waals surface area contributed by atoms with E-state index in [0.29, 0.717) is 0 Å². The number of nitrogens with two attached hydrogens (primary N) is 1. The minimum Gasteiger partial charge on any atom is -0.329 e. The van der Waals surface area contributed by atoms with Crippen LogP contribution in [-0.4, -0.2) is 30.1 Å². The maximum Gasteiger partial charge on any atom is 0.0250 e. The second-order valence-electron chi connectivity index (χ2n) is 4.27. The maximum absolute atomic E-state index is 5.80. The van der Waals surface area contributed by atoms with Gasteiger partial charge in [0.15, 0.2) is 0 Å². The Kier molecular flexibility index (Phi) is 2.37. The van der Waals surface area contributed by atoms with Gasteiger partial charge in [-0.25, -0.2) is 0 Å². The second-order valence-corrected chi connectivity index (χ2v) is 4.27. The molecule has 2 fully saturated rings. The van der Waals surface area contributed by atoms with Gasteiger partial charge in [-0.1, -0.05) is 6.92 Å². The van der Waals surface area contributed by atoms with Gasteiger partial charge in [0.05, 0.1) is 0 Å². The number of hydrogen-bond acceptors (Lipinski definition) is 2. The molecule has 2 bridgehead atoms. The van der Waals surface area contributed by atoms with E-state index >= 15 is 0 Å². The standard InChI is InChI=1S/C10H20N2/c1-2-5-12-9-4-3-8(6-9)10(12)7-11/h8-10H,2-7,11H2,1H3. The lowest BCUT2D eigenvalue weighted by Gasteiger charge is -2.34. The topological polar surface area (TPSA) is 29.3 Å². The summed E-state index contributed by atoms with van der Waals surface area (Å²) >= 11 is 0. The zero-order valence-electron chi connectivity index (χ0n) is 8.00. The van der Waals surface area contributed by atoms with Crippen LogP contribution in [0.1, 0.15) is 32.6 Å². The lowest BCUT2D eigenvalue weighted by atomic mass is 9.99. The predicted molar refractivity (Wildman–Crippen MR) is 51.0 cm³/mol. The highest BCUT2D eigenvalue weighted by atomic mass is 15.2. The van der Waals surface area contributed by atoms with E-state index in [1.807, 2.05) is 0 Å². The summed E-state index contributed by atoms with van der Waals surface area (Å²) in [6.07, 6.45) is 5.58. The highest BCUT2D eigenvalue weighted by molar-refractivity contribution is 4.99. The number of piperidine rings is 1. The molecule has 0 aromatic rings. The zero-order chi connectivity index (χ0) is 8.55. The van der Waals surface area contributed by atoms with Crippen LogP contribution in [0.5, 0.6) is 0 Å². The van der Waals surface area contributed by atoms with E-state index in [9.17, 15) is 0 Å². The van der Waals surface area contributed by atoms with Crippen LogP contribution in [0.4, 0.5) is 0 Å². The normalized spacial score (nSPS) is 41.0. The molecule has 3 unspecified atom stereocenters. The molecule has 2 nitrogen and oxygen atoms in total. The van der Waals surface area contributed by atoms with Crippen LogP contribution in [0.15, 0.2) is 0 Å². The second kappa shape index (κ2) is 3.35. The van der Waals surface area contributed by atoms with E-state index in [4.69, 9.17) is 5.73 Å². The van der Waals surface area contributed by atoms with Crippen LogP contribution in [0.25, 0.3) is 0 Å². The van der Waals surface area contributed by atoms with Crippen molar-refractivity contribution in [1.29, 1.82) is 0 Å². The van der Waals surface area contributed by atoms with Crippen molar-refractivity contribution >= 4 is 0 Å². The Balaban J connectivity index is 2.01. The molecular weight excluding hydrogens is 148 g/mol. The molecule has 12 heavy (non-hydrogen) atoms. The Bertz CT molecular complexity index is 158. The third-order valence-corrected chi connectivity index (χ3v) is 3.61. The molecule has 0 amide bonds. The summed E-state index contributed by atoms with van der Waals surface area (Å²) in [6.45, 7) is 4.41. The number of rotatable bonds is 3. The van der Waals surface area contributed by atoms with Crippen LogP contribution in [0, 0.1) is 5.92 Å². The van der Waals surface area contributed by atoms with E-state index in [-0.39, 0.29) is 0 Å². The number of hydrogen-bond donors (Lipinski definition) is 1. The SMILES string of the molecule is CCCN1C2CCC(C2)C1CN. The van der Waals surface area contributed by atoms with E-state index in [0.717, 1.165) is 24.5 Å². The average Bonchev–Trinajstić information content (AvgIpc) is 2.64. The number of likely N-dealkylation sites (tertiary alicyclic amines) is 1. The first kappa shape index (κ1) is 8.52. The maximum atomic E-state index is 5.80. The van der Waals surface area contributed by atoms with E-state index in [2.05, 4.69) is 11.8 Å². The molecule has 0 aromatic heterocycles. The van der Waals surface area contributed by atoms with Gasteiger partial charge < -0.3 is 5.73 Å². The predicted octanol–water partition coefficient (Wildman–Crippen LogP) is 1.21. The highest BCUT2D eigenvalue weighted by Crippen LogP contribution is 2.41. The highest BCUT2D eigenvalue weighted by Gasteiger charge is 2.44. The van der Waals surface area contributed by atoms with Crippen molar-refractivity contribution in [1.82, 2.24) is 4.90 Å². The van der Waals surface area contributed by atoms with Crippen molar-refractivity contribution in [2.24, 2.45) is 11.7 Å². The fraction of sp³-hybridized carbons (Fsp3) is 1.00. The Hall–Kier alpha value is -0.0800. The summed E-state index contributed by atoms with van der Waals surface area (Å²) in [7, 11) is 0. The summed E-state index contributed by atoms with van der Waals surface area (Å²) in [6, 6.07) is 1.62. The zero-order valence-corrected chi connectivity index (χ0v) is 8.00. The quantitative estimate of drug-likeness (QED) is 0.686. The van der Waals surface area contributed by atoms with Gasteiger partial charge >= 0.3 is 0 Å². The summed E-state index contributed by atoms with van der Waals surface area (Å²) in [4.78, 5) is 2.66. The van der Waals surface area contributed by atoms with E-state index in [1.54, 1.807) is 0 Å². The summed E-state index contributed by atoms with van der Waals surface area (Å²) < 4.78 is 0. The molecular formula is C10H20N2. The first-order valence-corrected chi connectivity index (χ1v) is 5.32. The van der Waals surface area contributed by atoms with Crippen molar-refractivity contribution in [3.05, 3.63) is 0 Å². The van der Waals surface area contributed by atoms with Crippen molar-refractivity contribution < 1.29 is 0 Å². The number of nitrogens with zero attached hydrogens (tertiary/aromatic N) is 1. The third-order valence-electron chi connectivity index (χ3n) is 3.61. The molecule has 2 aliphatic rings. The van der Waals surface area contributed by atoms with Crippen LogP contribution < -0.4 is 5.73 Å². The molecule has 2 N–H and O–H groups in total. The molecule has 2 heteroatoms. The lowest BCUT2D eigenvalue weighted by Crippen LogP contribution is -2.45. The fourth-order valence-electron chi connectivity index (χ4n) is 3.12. The smallest absolute Gasteiger partial charge is 0.0250 e. The van der Waals surface area contributed by atoms with Crippen molar-refractivity contribution in [2.45, 2.75) is 44.7 Å². The Morgan fingerprint density at radius 1 is 1.42 bits per heavy atom. The van der Waals surface area contributed by atoms with Crippen molar-refractivity contribution in [3.8, 4) is 0 Å². The van der Waals surface area contributed by atoms with E-state index in [1.165, 1.54) is 32.2 Å². The minimum atomic E-state index is 0.726. The van der Waals surface area contributed by atoms with Gasteiger partial charge in [0, 0.05) is 18.6 Å². The van der Waals surface area contributed by atoms with Gasteiger partial charge in [-0.15, -0.1) is 0 Å². The monoisotopic (exact) mass is 168 g/mol. The van der Waals surface area contributed by atoms with Gasteiger partial charge in [-0.05, 0) is 38.1 Å². The Morgan fingerprint density at radius 2 is 2.25 bits per heavy atom. The van der Waals surface area contributed by atoms with Crippen LogP contribution in [0.3, 0.4) is 0 Å². The summed E-state index contributed by atoms with van der Waals surface area (Å²) in [5.41, 5.74) is 5.80. The van der Waals surface area contributed by atoms with Crippen molar-refractivity contribution in [3.63, 3.8) is 0 Å². The van der Waals surface area contributed by atoms with Crippen molar-refractivity contribution in [2.75, 3.05) is 13.1 Å². The first-order chi connectivity index (χ1) is 5.86. The van der Waals surface area contributed by atoms with Gasteiger partial charge in [-0.3, -0.25) is 4.90 Å². The molecule has 70 valence electrons. The summed E-state index contributed by atoms with van der Waals surface area (Å²) in [5.74, 6) is 0.937. The molecule has 0 radical (unpaired) electrons. The van der Waals surface area contributed by atoms with Crippen LogP contribution in [-0.2, 0) is 0 Å². The van der Waals surface area contributed by atoms with Crippen LogP contribution in [0.2, 0.25) is 0 Å². The third kappa shape index (κ3) is 1.17. The molecule has 3 atom stereocenters. The molecule has 1 saturated heterocycles. The van der Waals surface area contributed by atoms with Crippen LogP contribution >= 0.6 is 0 Å². The lowest BCUT2D eigenvalue weighted by molar-refractivity contribution is 0.144. The van der Waals surface area contributed by atoms with E-state index < -0.39 is 0 Å². The first-order valence-electron chi connectivity index (χ1n) is 5.32. The molecule has 0 aromatic carbocycles. The summed E-state index contributed by atoms with van der Waals surface area (Å²) in [5, 5.41) is 0. The van der Waals surface area contributed by atoms with Gasteiger partial charge in [0.1, 0.15) is 0 Å². The molecule has 1 saturated carbocycles. The molecule has 0 spiro atoms. The molecule has 1 heterocycles. The molecule has 2 rings (SSSR count). The average molecular weight is 168 g/mol. The largest absolute Gasteiger partial charge is 0.329 e.